The van der Waals surface area contributed by atoms with Gasteiger partial charge in [0.1, 0.15) is 0 Å². The molecule has 1 aromatic carbocycles. The molecular weight excluding hydrogens is 469 g/mol. The van der Waals surface area contributed by atoms with Crippen molar-refractivity contribution in [2.24, 2.45) is 0 Å². The Hall–Kier alpha value is -2.66. The molecule has 0 bridgehead atoms. The molecule has 1 atom stereocenters. The molecule has 2 aliphatic rings. The second-order valence-corrected chi connectivity index (χ2v) is 10.7. The van der Waals surface area contributed by atoms with E-state index >= 15 is 0 Å². The molecule has 0 radical (unpaired) electrons. The fourth-order valence-corrected chi connectivity index (χ4v) is 5.21. The van der Waals surface area contributed by atoms with E-state index in [0.717, 1.165) is 50.0 Å². The number of carbonyl (C=O) groups excluding carboxylic acids is 1. The van der Waals surface area contributed by atoms with Gasteiger partial charge in [0.05, 0.1) is 17.1 Å². The predicted molar refractivity (Wildman–Crippen MR) is 121 cm³/mol. The Labute approximate surface area is 197 Å². The molecule has 2 aliphatic heterocycles. The first kappa shape index (κ1) is 24.5. The Morgan fingerprint density at radius 3 is 2.41 bits per heavy atom. The summed E-state index contributed by atoms with van der Waals surface area (Å²) in [6.45, 7) is 5.17. The molecule has 0 N–H and O–H groups in total. The highest BCUT2D eigenvalue weighted by Gasteiger charge is 2.46. The van der Waals surface area contributed by atoms with Crippen molar-refractivity contribution in [3.8, 4) is 0 Å². The molecule has 11 heteroatoms. The zero-order valence-electron chi connectivity index (χ0n) is 18.8. The summed E-state index contributed by atoms with van der Waals surface area (Å²) < 4.78 is 61.6. The van der Waals surface area contributed by atoms with Crippen LogP contribution in [0.3, 0.4) is 0 Å². The van der Waals surface area contributed by atoms with Gasteiger partial charge in [0, 0.05) is 50.3 Å². The van der Waals surface area contributed by atoms with E-state index in [2.05, 4.69) is 9.88 Å². The minimum Gasteiger partial charge on any atom is -0.357 e. The number of hydrogen-bond acceptors (Lipinski definition) is 6. The quantitative estimate of drug-likeness (QED) is 0.629. The van der Waals surface area contributed by atoms with Crippen molar-refractivity contribution in [3.63, 3.8) is 0 Å². The molecule has 7 nitrogen and oxygen atoms in total. The first-order valence-corrected chi connectivity index (χ1v) is 12.7. The number of carbonyl (C=O) groups is 1. The third-order valence-electron chi connectivity index (χ3n) is 6.44. The second kappa shape index (κ2) is 9.53. The molecule has 1 amide bonds. The fourth-order valence-electron chi connectivity index (χ4n) is 4.45. The Kier molecular flexibility index (Phi) is 6.86. The molecular formula is C23H27F3N4O3S. The molecule has 3 heterocycles. The highest BCUT2D eigenvalue weighted by Crippen LogP contribution is 2.32. The van der Waals surface area contributed by atoms with Crippen LogP contribution in [0.4, 0.5) is 18.9 Å². The molecule has 2 aromatic rings. The lowest BCUT2D eigenvalue weighted by atomic mass is 10.1. The van der Waals surface area contributed by atoms with Crippen molar-refractivity contribution in [1.82, 2.24) is 14.8 Å². The Bertz CT molecular complexity index is 1130. The molecule has 0 spiro atoms. The van der Waals surface area contributed by atoms with E-state index in [4.69, 9.17) is 0 Å². The van der Waals surface area contributed by atoms with E-state index in [1.807, 2.05) is 22.8 Å². The number of anilines is 1. The number of likely N-dealkylation sites (tertiary alicyclic amines) is 1. The zero-order valence-corrected chi connectivity index (χ0v) is 19.6. The number of rotatable bonds is 5. The van der Waals surface area contributed by atoms with Crippen LogP contribution in [0.15, 0.2) is 47.6 Å². The summed E-state index contributed by atoms with van der Waals surface area (Å²) in [5.74, 6) is -0.00651. The largest absolute Gasteiger partial charge is 0.501 e. The maximum atomic E-state index is 13.1. The number of alkyl halides is 3. The highest BCUT2D eigenvalue weighted by atomic mass is 32.2. The van der Waals surface area contributed by atoms with Crippen LogP contribution >= 0.6 is 0 Å². The van der Waals surface area contributed by atoms with Gasteiger partial charge in [-0.3, -0.25) is 14.7 Å². The lowest BCUT2D eigenvalue weighted by molar-refractivity contribution is -0.0436. The maximum absolute atomic E-state index is 13.1. The van der Waals surface area contributed by atoms with Gasteiger partial charge < -0.3 is 9.80 Å². The normalized spacial score (nSPS) is 20.1. The standard InChI is InChI=1S/C23H27F3N4O3S/c1-17-14-30(19-5-7-20(8-6-19)34(32,33)23(24,25)26)16-29(17)15-18-9-10-27-13-21(18)22(31)28-11-3-2-4-12-28/h5-10,13,17H,2-4,11-12,14-16H2,1H3. The molecule has 2 fully saturated rings. The van der Waals surface area contributed by atoms with Gasteiger partial charge in [-0.15, -0.1) is 0 Å². The van der Waals surface area contributed by atoms with Crippen molar-refractivity contribution in [2.75, 3.05) is 31.2 Å². The molecule has 184 valence electrons. The Morgan fingerprint density at radius 1 is 1.09 bits per heavy atom. The highest BCUT2D eigenvalue weighted by molar-refractivity contribution is 7.92. The third-order valence-corrected chi connectivity index (χ3v) is 7.94. The van der Waals surface area contributed by atoms with Gasteiger partial charge in [-0.2, -0.15) is 13.2 Å². The molecule has 4 rings (SSSR count). The van der Waals surface area contributed by atoms with Gasteiger partial charge in [0.25, 0.3) is 15.7 Å². The number of benzene rings is 1. The number of pyridine rings is 1. The van der Waals surface area contributed by atoms with Gasteiger partial charge in [-0.05, 0) is 62.1 Å². The third kappa shape index (κ3) is 4.90. The van der Waals surface area contributed by atoms with Crippen molar-refractivity contribution in [1.29, 1.82) is 0 Å². The van der Waals surface area contributed by atoms with Gasteiger partial charge in [0.15, 0.2) is 0 Å². The van der Waals surface area contributed by atoms with Crippen LogP contribution in [0.5, 0.6) is 0 Å². The summed E-state index contributed by atoms with van der Waals surface area (Å²) in [6, 6.07) is 6.74. The second-order valence-electron chi connectivity index (χ2n) is 8.79. The monoisotopic (exact) mass is 496 g/mol. The van der Waals surface area contributed by atoms with Crippen LogP contribution in [0, 0.1) is 0 Å². The Morgan fingerprint density at radius 2 is 1.76 bits per heavy atom. The lowest BCUT2D eigenvalue weighted by Gasteiger charge is -2.28. The minimum absolute atomic E-state index is 0.00651. The smallest absolute Gasteiger partial charge is 0.357 e. The SMILES string of the molecule is CC1CN(c2ccc(S(=O)(=O)C(F)(F)F)cc2)CN1Cc1ccncc1C(=O)N1CCCCC1. The van der Waals surface area contributed by atoms with Crippen LogP contribution in [0.2, 0.25) is 0 Å². The van der Waals surface area contributed by atoms with Crippen LogP contribution in [0.1, 0.15) is 42.1 Å². The summed E-state index contributed by atoms with van der Waals surface area (Å²) in [5.41, 5.74) is -3.22. The van der Waals surface area contributed by atoms with Gasteiger partial charge in [0.2, 0.25) is 0 Å². The summed E-state index contributed by atoms with van der Waals surface area (Å²) in [7, 11) is -5.37. The van der Waals surface area contributed by atoms with E-state index in [1.54, 1.807) is 12.4 Å². The number of amides is 1. The summed E-state index contributed by atoms with van der Waals surface area (Å²) in [5, 5.41) is 0. The number of aromatic nitrogens is 1. The van der Waals surface area contributed by atoms with Crippen LogP contribution in [-0.4, -0.2) is 67.0 Å². The minimum atomic E-state index is -5.37. The van der Waals surface area contributed by atoms with Gasteiger partial charge >= 0.3 is 5.51 Å². The van der Waals surface area contributed by atoms with E-state index < -0.39 is 20.2 Å². The molecule has 34 heavy (non-hydrogen) atoms. The summed E-state index contributed by atoms with van der Waals surface area (Å²) >= 11 is 0. The first-order chi connectivity index (χ1) is 16.1. The van der Waals surface area contributed by atoms with Crippen molar-refractivity contribution >= 4 is 21.4 Å². The van der Waals surface area contributed by atoms with E-state index in [-0.39, 0.29) is 11.9 Å². The van der Waals surface area contributed by atoms with Crippen LogP contribution < -0.4 is 4.90 Å². The first-order valence-electron chi connectivity index (χ1n) is 11.2. The fraction of sp³-hybridized carbons (Fsp3) is 0.478. The summed E-state index contributed by atoms with van der Waals surface area (Å²) in [6.07, 6.45) is 6.42. The van der Waals surface area contributed by atoms with E-state index in [9.17, 15) is 26.4 Å². The average molecular weight is 497 g/mol. The number of hydrogen-bond donors (Lipinski definition) is 0. The van der Waals surface area contributed by atoms with Crippen molar-refractivity contribution in [2.45, 2.75) is 49.2 Å². The summed E-state index contributed by atoms with van der Waals surface area (Å²) in [4.78, 5) is 22.5. The van der Waals surface area contributed by atoms with E-state index in [0.29, 0.717) is 31.0 Å². The molecule has 0 saturated carbocycles. The number of sulfone groups is 1. The number of halogens is 3. The molecule has 2 saturated heterocycles. The lowest BCUT2D eigenvalue weighted by Crippen LogP contribution is -2.37. The van der Waals surface area contributed by atoms with Crippen LogP contribution in [-0.2, 0) is 16.4 Å². The predicted octanol–water partition coefficient (Wildman–Crippen LogP) is 3.67. The molecule has 0 aliphatic carbocycles. The molecule has 1 unspecified atom stereocenters. The van der Waals surface area contributed by atoms with Gasteiger partial charge in [-0.25, -0.2) is 8.42 Å². The molecule has 1 aromatic heterocycles. The number of nitrogens with zero attached hydrogens (tertiary/aromatic N) is 4. The maximum Gasteiger partial charge on any atom is 0.501 e. The van der Waals surface area contributed by atoms with Crippen molar-refractivity contribution in [3.05, 3.63) is 53.9 Å². The average Bonchev–Trinajstić information content (AvgIpc) is 3.19. The number of piperidine rings is 1. The van der Waals surface area contributed by atoms with Crippen molar-refractivity contribution < 1.29 is 26.4 Å². The van der Waals surface area contributed by atoms with E-state index in [1.165, 1.54) is 12.1 Å². The zero-order chi connectivity index (χ0) is 24.5. The Balaban J connectivity index is 1.47. The van der Waals surface area contributed by atoms with Crippen LogP contribution in [0.25, 0.3) is 0 Å². The topological polar surface area (TPSA) is 73.8 Å². The van der Waals surface area contributed by atoms with Gasteiger partial charge in [-0.1, -0.05) is 0 Å².